The molecular formula is C13H16F2N2O3. The molecule has 0 fully saturated rings. The van der Waals surface area contributed by atoms with E-state index in [1.54, 1.807) is 0 Å². The van der Waals surface area contributed by atoms with Gasteiger partial charge in [0.25, 0.3) is 0 Å². The number of benzene rings is 1. The van der Waals surface area contributed by atoms with Crippen molar-refractivity contribution in [2.45, 2.75) is 13.3 Å². The lowest BCUT2D eigenvalue weighted by molar-refractivity contribution is -0.136. The van der Waals surface area contributed by atoms with E-state index in [9.17, 15) is 18.4 Å². The molecule has 0 saturated carbocycles. The number of rotatable bonds is 5. The van der Waals surface area contributed by atoms with Crippen LogP contribution in [0, 0.1) is 17.6 Å². The Morgan fingerprint density at radius 2 is 1.95 bits per heavy atom. The third-order valence-corrected chi connectivity index (χ3v) is 2.62. The van der Waals surface area contributed by atoms with Crippen molar-refractivity contribution in [3.8, 4) is 0 Å². The van der Waals surface area contributed by atoms with Gasteiger partial charge in [-0.25, -0.2) is 8.78 Å². The number of amides is 2. The van der Waals surface area contributed by atoms with E-state index in [2.05, 4.69) is 10.6 Å². The van der Waals surface area contributed by atoms with Crippen LogP contribution in [0.4, 0.5) is 14.5 Å². The number of halogens is 2. The Kier molecular flexibility index (Phi) is 6.05. The van der Waals surface area contributed by atoms with Gasteiger partial charge >= 0.3 is 11.8 Å². The Balaban J connectivity index is 2.49. The van der Waals surface area contributed by atoms with Crippen LogP contribution in [0.2, 0.25) is 0 Å². The van der Waals surface area contributed by atoms with E-state index in [1.165, 1.54) is 0 Å². The Labute approximate surface area is 115 Å². The standard InChI is InChI=1S/C13H16F2N2O3/c1-8(4-5-18)7-16-12(19)13(20)17-9-2-3-10(14)11(15)6-9/h2-3,6,8,18H,4-5,7H2,1H3,(H,16,19)(H,17,20). The second kappa shape index (κ2) is 7.54. The summed E-state index contributed by atoms with van der Waals surface area (Å²) in [6.07, 6.45) is 0.505. The lowest BCUT2D eigenvalue weighted by Gasteiger charge is -2.11. The van der Waals surface area contributed by atoms with Crippen LogP contribution in [0.15, 0.2) is 18.2 Å². The highest BCUT2D eigenvalue weighted by molar-refractivity contribution is 6.39. The minimum absolute atomic E-state index is 0.00189. The van der Waals surface area contributed by atoms with Crippen molar-refractivity contribution in [1.82, 2.24) is 5.32 Å². The number of nitrogens with one attached hydrogen (secondary N) is 2. The van der Waals surface area contributed by atoms with Gasteiger partial charge in [0.2, 0.25) is 0 Å². The fraction of sp³-hybridized carbons (Fsp3) is 0.385. The Bertz CT molecular complexity index is 495. The molecule has 0 aromatic heterocycles. The largest absolute Gasteiger partial charge is 0.396 e. The fourth-order valence-corrected chi connectivity index (χ4v) is 1.43. The van der Waals surface area contributed by atoms with E-state index >= 15 is 0 Å². The zero-order chi connectivity index (χ0) is 15.1. The monoisotopic (exact) mass is 286 g/mol. The number of aliphatic hydroxyl groups is 1. The smallest absolute Gasteiger partial charge is 0.313 e. The highest BCUT2D eigenvalue weighted by Gasteiger charge is 2.15. The molecule has 7 heteroatoms. The number of carbonyl (C=O) groups is 2. The highest BCUT2D eigenvalue weighted by atomic mass is 19.2. The van der Waals surface area contributed by atoms with Gasteiger partial charge in [-0.3, -0.25) is 9.59 Å². The molecule has 2 amide bonds. The SMILES string of the molecule is CC(CCO)CNC(=O)C(=O)Nc1ccc(F)c(F)c1. The lowest BCUT2D eigenvalue weighted by Crippen LogP contribution is -2.37. The molecule has 1 unspecified atom stereocenters. The summed E-state index contributed by atoms with van der Waals surface area (Å²) in [4.78, 5) is 22.9. The summed E-state index contributed by atoms with van der Waals surface area (Å²) in [5, 5.41) is 13.2. The molecule has 3 N–H and O–H groups in total. The Morgan fingerprint density at radius 3 is 2.55 bits per heavy atom. The first kappa shape index (κ1) is 16.0. The summed E-state index contributed by atoms with van der Waals surface area (Å²) < 4.78 is 25.6. The second-order valence-corrected chi connectivity index (χ2v) is 4.41. The van der Waals surface area contributed by atoms with Crippen LogP contribution in [0.25, 0.3) is 0 Å². The average molecular weight is 286 g/mol. The molecular weight excluding hydrogens is 270 g/mol. The summed E-state index contributed by atoms with van der Waals surface area (Å²) >= 11 is 0. The van der Waals surface area contributed by atoms with Gasteiger partial charge in [-0.2, -0.15) is 0 Å². The zero-order valence-electron chi connectivity index (χ0n) is 11.0. The van der Waals surface area contributed by atoms with Crippen LogP contribution in [0.3, 0.4) is 0 Å². The normalized spacial score (nSPS) is 11.8. The molecule has 0 heterocycles. The van der Waals surface area contributed by atoms with E-state index in [0.717, 1.165) is 18.2 Å². The summed E-state index contributed by atoms with van der Waals surface area (Å²) in [6, 6.07) is 2.79. The van der Waals surface area contributed by atoms with Crippen molar-refractivity contribution in [3.63, 3.8) is 0 Å². The lowest BCUT2D eigenvalue weighted by atomic mass is 10.1. The van der Waals surface area contributed by atoms with Crippen LogP contribution in [-0.4, -0.2) is 30.1 Å². The topological polar surface area (TPSA) is 78.4 Å². The maximum absolute atomic E-state index is 12.9. The number of anilines is 1. The minimum Gasteiger partial charge on any atom is -0.396 e. The highest BCUT2D eigenvalue weighted by Crippen LogP contribution is 2.12. The molecule has 0 bridgehead atoms. The second-order valence-electron chi connectivity index (χ2n) is 4.41. The Morgan fingerprint density at radius 1 is 1.25 bits per heavy atom. The van der Waals surface area contributed by atoms with Gasteiger partial charge in [0, 0.05) is 24.9 Å². The van der Waals surface area contributed by atoms with E-state index in [0.29, 0.717) is 6.42 Å². The first-order chi connectivity index (χ1) is 9.43. The van der Waals surface area contributed by atoms with Crippen LogP contribution in [-0.2, 0) is 9.59 Å². The van der Waals surface area contributed by atoms with Crippen molar-refractivity contribution < 1.29 is 23.5 Å². The fourth-order valence-electron chi connectivity index (χ4n) is 1.43. The molecule has 0 aliphatic rings. The van der Waals surface area contributed by atoms with Gasteiger partial charge in [0.15, 0.2) is 11.6 Å². The molecule has 110 valence electrons. The van der Waals surface area contributed by atoms with Crippen LogP contribution in [0.1, 0.15) is 13.3 Å². The van der Waals surface area contributed by atoms with Crippen molar-refractivity contribution in [3.05, 3.63) is 29.8 Å². The summed E-state index contributed by atoms with van der Waals surface area (Å²) in [7, 11) is 0. The molecule has 5 nitrogen and oxygen atoms in total. The third-order valence-electron chi connectivity index (χ3n) is 2.62. The number of aliphatic hydroxyl groups excluding tert-OH is 1. The molecule has 1 aromatic carbocycles. The van der Waals surface area contributed by atoms with Gasteiger partial charge < -0.3 is 15.7 Å². The minimum atomic E-state index is -1.11. The van der Waals surface area contributed by atoms with Crippen molar-refractivity contribution in [2.24, 2.45) is 5.92 Å². The first-order valence-corrected chi connectivity index (χ1v) is 6.09. The zero-order valence-corrected chi connectivity index (χ0v) is 11.0. The molecule has 0 radical (unpaired) electrons. The molecule has 20 heavy (non-hydrogen) atoms. The molecule has 0 saturated heterocycles. The number of hydrogen-bond acceptors (Lipinski definition) is 3. The predicted octanol–water partition coefficient (Wildman–Crippen LogP) is 1.04. The van der Waals surface area contributed by atoms with E-state index in [4.69, 9.17) is 5.11 Å². The molecule has 1 rings (SSSR count). The third kappa shape index (κ3) is 4.93. The van der Waals surface area contributed by atoms with Crippen LogP contribution in [0.5, 0.6) is 0 Å². The quantitative estimate of drug-likeness (QED) is 0.708. The van der Waals surface area contributed by atoms with E-state index in [1.807, 2.05) is 6.92 Å². The Hall–Kier alpha value is -2.02. The summed E-state index contributed by atoms with van der Waals surface area (Å²) in [6.45, 7) is 2.05. The number of carbonyl (C=O) groups excluding carboxylic acids is 2. The first-order valence-electron chi connectivity index (χ1n) is 6.09. The molecule has 0 spiro atoms. The van der Waals surface area contributed by atoms with Crippen molar-refractivity contribution in [2.75, 3.05) is 18.5 Å². The van der Waals surface area contributed by atoms with E-state index < -0.39 is 23.4 Å². The maximum Gasteiger partial charge on any atom is 0.313 e. The molecule has 1 atom stereocenters. The molecule has 1 aromatic rings. The van der Waals surface area contributed by atoms with Crippen molar-refractivity contribution in [1.29, 1.82) is 0 Å². The molecule has 0 aliphatic carbocycles. The average Bonchev–Trinajstić information content (AvgIpc) is 2.40. The van der Waals surface area contributed by atoms with Gasteiger partial charge in [-0.15, -0.1) is 0 Å². The van der Waals surface area contributed by atoms with Gasteiger partial charge in [0.1, 0.15) is 0 Å². The van der Waals surface area contributed by atoms with Crippen LogP contribution >= 0.6 is 0 Å². The summed E-state index contributed by atoms with van der Waals surface area (Å²) in [5.74, 6) is -3.96. The number of hydrogen-bond donors (Lipinski definition) is 3. The predicted molar refractivity (Wildman–Crippen MR) is 68.9 cm³/mol. The van der Waals surface area contributed by atoms with Gasteiger partial charge in [-0.05, 0) is 24.5 Å². The summed E-state index contributed by atoms with van der Waals surface area (Å²) in [5.41, 5.74) is -0.00698. The van der Waals surface area contributed by atoms with E-state index in [-0.39, 0.29) is 24.8 Å². The molecule has 0 aliphatic heterocycles. The van der Waals surface area contributed by atoms with Gasteiger partial charge in [-0.1, -0.05) is 6.92 Å². The maximum atomic E-state index is 12.9. The van der Waals surface area contributed by atoms with Crippen molar-refractivity contribution >= 4 is 17.5 Å². The van der Waals surface area contributed by atoms with Gasteiger partial charge in [0.05, 0.1) is 0 Å². The van der Waals surface area contributed by atoms with Crippen LogP contribution < -0.4 is 10.6 Å².